The third kappa shape index (κ3) is 3.30. The van der Waals surface area contributed by atoms with Gasteiger partial charge in [0.1, 0.15) is 0 Å². The second-order valence-corrected chi connectivity index (χ2v) is 8.72. The Balaban J connectivity index is 1.59. The molecule has 1 aliphatic rings. The zero-order valence-corrected chi connectivity index (χ0v) is 18.9. The second kappa shape index (κ2) is 8.09. The fraction of sp³-hybridized carbons (Fsp3) is 0.458. The molecule has 0 N–H and O–H groups in total. The molecule has 0 spiro atoms. The summed E-state index contributed by atoms with van der Waals surface area (Å²) in [5.74, 6) is 0.694. The fourth-order valence-corrected chi connectivity index (χ4v) is 4.81. The summed E-state index contributed by atoms with van der Waals surface area (Å²) in [6, 6.07) is 10.1. The van der Waals surface area contributed by atoms with Crippen molar-refractivity contribution in [3.63, 3.8) is 0 Å². The highest BCUT2D eigenvalue weighted by atomic mass is 16.5. The Morgan fingerprint density at radius 3 is 2.59 bits per heavy atom. The first kappa shape index (κ1) is 20.8. The molecule has 168 valence electrons. The van der Waals surface area contributed by atoms with Crippen LogP contribution in [0.25, 0.3) is 16.9 Å². The number of rotatable bonds is 6. The van der Waals surface area contributed by atoms with Crippen molar-refractivity contribution in [2.75, 3.05) is 6.61 Å². The number of hydrogen-bond acceptors (Lipinski definition) is 4. The molecule has 1 fully saturated rings. The molecular weight excluding hydrogens is 406 g/mol. The summed E-state index contributed by atoms with van der Waals surface area (Å²) in [6.07, 6.45) is 3.77. The minimum atomic E-state index is -0.323. The monoisotopic (exact) mass is 435 g/mol. The molecule has 3 aromatic heterocycles. The van der Waals surface area contributed by atoms with Crippen molar-refractivity contribution >= 4 is 16.9 Å². The Hall–Kier alpha value is -3.13. The first-order valence-corrected chi connectivity index (χ1v) is 11.3. The van der Waals surface area contributed by atoms with Crippen molar-refractivity contribution in [2.24, 2.45) is 7.05 Å². The van der Waals surface area contributed by atoms with Crippen molar-refractivity contribution < 1.29 is 4.74 Å². The largest absolute Gasteiger partial charge is 0.376 e. The van der Waals surface area contributed by atoms with E-state index in [1.165, 1.54) is 14.7 Å². The lowest BCUT2D eigenvalue weighted by atomic mass is 10.1. The summed E-state index contributed by atoms with van der Waals surface area (Å²) in [6.45, 7) is 5.91. The number of aryl methyl sites for hydroxylation is 3. The summed E-state index contributed by atoms with van der Waals surface area (Å²) in [4.78, 5) is 31.3. The van der Waals surface area contributed by atoms with Gasteiger partial charge in [-0.1, -0.05) is 30.3 Å². The summed E-state index contributed by atoms with van der Waals surface area (Å²) in [7, 11) is 1.69. The van der Waals surface area contributed by atoms with E-state index in [9.17, 15) is 9.59 Å². The van der Waals surface area contributed by atoms with Gasteiger partial charge >= 0.3 is 5.69 Å². The molecule has 4 heterocycles. The number of nitrogens with zero attached hydrogens (tertiary/aromatic N) is 5. The minimum Gasteiger partial charge on any atom is -0.376 e. The summed E-state index contributed by atoms with van der Waals surface area (Å²) in [5.41, 5.74) is 3.52. The van der Waals surface area contributed by atoms with Crippen LogP contribution < -0.4 is 11.2 Å². The maximum atomic E-state index is 13.5. The average Bonchev–Trinajstić information content (AvgIpc) is 3.50. The topological polar surface area (TPSA) is 75.5 Å². The lowest BCUT2D eigenvalue weighted by Crippen LogP contribution is -2.39. The Bertz CT molecular complexity index is 1400. The van der Waals surface area contributed by atoms with Crippen LogP contribution in [0.3, 0.4) is 0 Å². The van der Waals surface area contributed by atoms with Gasteiger partial charge in [-0.3, -0.25) is 18.3 Å². The van der Waals surface area contributed by atoms with Crippen molar-refractivity contribution in [3.8, 4) is 0 Å². The standard InChI is InChI=1S/C24H29N5O3/c1-16-17(2)29-20-21(25-23(29)28(16)15-19-12-8-14-32-19)26(3)24(31)27(22(20)30)13-7-11-18-9-5-4-6-10-18/h4-6,9-10,19H,7-8,11-15H2,1-3H3/t19-/m0/s1. The first-order valence-electron chi connectivity index (χ1n) is 11.3. The van der Waals surface area contributed by atoms with E-state index in [0.717, 1.165) is 37.3 Å². The van der Waals surface area contributed by atoms with Gasteiger partial charge in [-0.25, -0.2) is 4.79 Å². The van der Waals surface area contributed by atoms with Gasteiger partial charge in [-0.2, -0.15) is 4.98 Å². The molecule has 0 bridgehead atoms. The van der Waals surface area contributed by atoms with Gasteiger partial charge < -0.3 is 9.30 Å². The lowest BCUT2D eigenvalue weighted by Gasteiger charge is -2.12. The van der Waals surface area contributed by atoms with Crippen LogP contribution in [-0.4, -0.2) is 35.8 Å². The molecule has 1 atom stereocenters. The Kier molecular flexibility index (Phi) is 5.25. The van der Waals surface area contributed by atoms with E-state index < -0.39 is 0 Å². The third-order valence-corrected chi connectivity index (χ3v) is 6.73. The third-order valence-electron chi connectivity index (χ3n) is 6.73. The predicted molar refractivity (Wildman–Crippen MR) is 123 cm³/mol. The van der Waals surface area contributed by atoms with E-state index in [0.29, 0.717) is 36.5 Å². The molecule has 0 amide bonds. The molecule has 1 aliphatic heterocycles. The van der Waals surface area contributed by atoms with Gasteiger partial charge in [0, 0.05) is 31.6 Å². The van der Waals surface area contributed by atoms with Gasteiger partial charge in [0.05, 0.1) is 12.6 Å². The minimum absolute atomic E-state index is 0.155. The van der Waals surface area contributed by atoms with E-state index in [1.54, 1.807) is 7.05 Å². The highest BCUT2D eigenvalue weighted by molar-refractivity contribution is 5.76. The smallest absolute Gasteiger partial charge is 0.332 e. The van der Waals surface area contributed by atoms with Crippen LogP contribution in [-0.2, 0) is 31.3 Å². The maximum Gasteiger partial charge on any atom is 0.332 e. The van der Waals surface area contributed by atoms with E-state index in [4.69, 9.17) is 9.72 Å². The highest BCUT2D eigenvalue weighted by Gasteiger charge is 2.25. The Morgan fingerprint density at radius 2 is 1.88 bits per heavy atom. The van der Waals surface area contributed by atoms with Crippen LogP contribution in [0.5, 0.6) is 0 Å². The molecular formula is C24H29N5O3. The fourth-order valence-electron chi connectivity index (χ4n) is 4.81. The van der Waals surface area contributed by atoms with Gasteiger partial charge in [0.25, 0.3) is 5.56 Å². The van der Waals surface area contributed by atoms with Crippen LogP contribution in [0.1, 0.15) is 36.2 Å². The quantitative estimate of drug-likeness (QED) is 0.467. The predicted octanol–water partition coefficient (Wildman–Crippen LogP) is 2.58. The summed E-state index contributed by atoms with van der Waals surface area (Å²) in [5, 5.41) is 0. The van der Waals surface area contributed by atoms with E-state index in [2.05, 4.69) is 16.7 Å². The van der Waals surface area contributed by atoms with Crippen molar-refractivity contribution in [2.45, 2.75) is 58.7 Å². The molecule has 32 heavy (non-hydrogen) atoms. The molecule has 0 aliphatic carbocycles. The van der Waals surface area contributed by atoms with Crippen molar-refractivity contribution in [1.29, 1.82) is 0 Å². The second-order valence-electron chi connectivity index (χ2n) is 8.72. The number of fused-ring (bicyclic) bond motifs is 3. The SMILES string of the molecule is Cc1c(C)n2c3c(=O)n(CCCc4ccccc4)c(=O)n(C)c3nc2n1C[C@@H]1CCCO1. The van der Waals surface area contributed by atoms with E-state index in [-0.39, 0.29) is 17.4 Å². The number of hydrogen-bond donors (Lipinski definition) is 0. The van der Waals surface area contributed by atoms with Crippen LogP contribution in [0, 0.1) is 13.8 Å². The zero-order chi connectivity index (χ0) is 22.4. The Labute approximate surface area is 185 Å². The molecule has 4 aromatic rings. The molecule has 8 heteroatoms. The number of ether oxygens (including phenoxy) is 1. The Morgan fingerprint density at radius 1 is 1.09 bits per heavy atom. The van der Waals surface area contributed by atoms with Crippen LogP contribution in [0.4, 0.5) is 0 Å². The lowest BCUT2D eigenvalue weighted by molar-refractivity contribution is 0.0974. The zero-order valence-electron chi connectivity index (χ0n) is 18.9. The number of aromatic nitrogens is 5. The highest BCUT2D eigenvalue weighted by Crippen LogP contribution is 2.23. The van der Waals surface area contributed by atoms with E-state index >= 15 is 0 Å². The first-order chi connectivity index (χ1) is 15.5. The summed E-state index contributed by atoms with van der Waals surface area (Å²) < 4.78 is 12.7. The normalized spacial score (nSPS) is 16.5. The molecule has 8 nitrogen and oxygen atoms in total. The van der Waals surface area contributed by atoms with Crippen LogP contribution in [0.15, 0.2) is 39.9 Å². The molecule has 5 rings (SSSR count). The molecule has 0 unspecified atom stereocenters. The van der Waals surface area contributed by atoms with Gasteiger partial charge in [-0.05, 0) is 45.1 Å². The number of benzene rings is 1. The van der Waals surface area contributed by atoms with Crippen molar-refractivity contribution in [1.82, 2.24) is 23.1 Å². The maximum absolute atomic E-state index is 13.5. The molecule has 0 radical (unpaired) electrons. The van der Waals surface area contributed by atoms with Crippen LogP contribution >= 0.6 is 0 Å². The molecule has 0 saturated carbocycles. The molecule has 1 saturated heterocycles. The summed E-state index contributed by atoms with van der Waals surface area (Å²) >= 11 is 0. The van der Waals surface area contributed by atoms with Gasteiger partial charge in [0.2, 0.25) is 5.78 Å². The van der Waals surface area contributed by atoms with E-state index in [1.807, 2.05) is 36.4 Å². The average molecular weight is 436 g/mol. The molecule has 1 aromatic carbocycles. The van der Waals surface area contributed by atoms with Gasteiger partial charge in [-0.15, -0.1) is 0 Å². The van der Waals surface area contributed by atoms with Crippen molar-refractivity contribution in [3.05, 3.63) is 68.1 Å². The number of imidazole rings is 2. The van der Waals surface area contributed by atoms with Gasteiger partial charge in [0.15, 0.2) is 11.2 Å². The van der Waals surface area contributed by atoms with Crippen LogP contribution in [0.2, 0.25) is 0 Å².